The summed E-state index contributed by atoms with van der Waals surface area (Å²) in [5.74, 6) is 0.447. The van der Waals surface area contributed by atoms with Gasteiger partial charge in [0.1, 0.15) is 0 Å². The van der Waals surface area contributed by atoms with Gasteiger partial charge in [-0.05, 0) is 0 Å². The van der Waals surface area contributed by atoms with Crippen LogP contribution >= 0.6 is 0 Å². The van der Waals surface area contributed by atoms with E-state index in [9.17, 15) is 4.79 Å². The molecule has 0 saturated heterocycles. The number of ether oxygens (including phenoxy) is 1. The Morgan fingerprint density at radius 3 is 1.88 bits per heavy atom. The number of esters is 1. The standard InChI is InChI=1S/C5H9O2.Zn/c1-4(2)5(6)7-3;/h1-3H3;/q-1;. The van der Waals surface area contributed by atoms with Gasteiger partial charge in [0.05, 0.1) is 7.11 Å². The second-order valence-corrected chi connectivity index (χ2v) is 1.49. The maximum atomic E-state index is 10.3. The predicted molar refractivity (Wildman–Crippen MR) is 26.6 cm³/mol. The van der Waals surface area contributed by atoms with Crippen LogP contribution in [-0.4, -0.2) is 13.1 Å². The first-order valence-corrected chi connectivity index (χ1v) is 2.07. The quantitative estimate of drug-likeness (QED) is 0.327. The Hall–Kier alpha value is -0.0366. The summed E-state index contributed by atoms with van der Waals surface area (Å²) in [4.78, 5) is 10.3. The third kappa shape index (κ3) is 4.13. The molecule has 0 aliphatic heterocycles. The molecular weight excluding hydrogens is 157 g/mol. The zero-order valence-corrected chi connectivity index (χ0v) is 8.49. The number of rotatable bonds is 1. The van der Waals surface area contributed by atoms with Crippen LogP contribution in [0.15, 0.2) is 0 Å². The summed E-state index contributed by atoms with van der Waals surface area (Å²) in [6.45, 7) is 3.43. The fraction of sp³-hybridized carbons (Fsp3) is 0.600. The van der Waals surface area contributed by atoms with Gasteiger partial charge >= 0.3 is 0 Å². The molecule has 0 heterocycles. The minimum Gasteiger partial charge on any atom is -0.491 e. The summed E-state index contributed by atoms with van der Waals surface area (Å²) < 4.78 is 4.34. The van der Waals surface area contributed by atoms with E-state index in [1.807, 2.05) is 0 Å². The van der Waals surface area contributed by atoms with Gasteiger partial charge in [0.2, 0.25) is 0 Å². The summed E-state index contributed by atoms with van der Waals surface area (Å²) in [5, 5.41) is 0. The predicted octanol–water partition coefficient (Wildman–Crippen LogP) is 0.771. The van der Waals surface area contributed by atoms with Crippen molar-refractivity contribution < 1.29 is 29.0 Å². The average Bonchev–Trinajstić information content (AvgIpc) is 1.65. The van der Waals surface area contributed by atoms with Crippen molar-refractivity contribution in [3.05, 3.63) is 5.92 Å². The molecule has 0 amide bonds. The van der Waals surface area contributed by atoms with E-state index in [0.717, 1.165) is 0 Å². The van der Waals surface area contributed by atoms with Gasteiger partial charge in [-0.25, -0.2) is 0 Å². The first kappa shape index (κ1) is 10.9. The van der Waals surface area contributed by atoms with Crippen LogP contribution in [0.3, 0.4) is 0 Å². The molecule has 2 nitrogen and oxygen atoms in total. The van der Waals surface area contributed by atoms with Crippen LogP contribution in [0.1, 0.15) is 13.8 Å². The van der Waals surface area contributed by atoms with Crippen molar-refractivity contribution in [2.24, 2.45) is 0 Å². The molecule has 0 aliphatic carbocycles. The maximum Gasteiger partial charge on any atom is 0.168 e. The third-order valence-electron chi connectivity index (χ3n) is 0.594. The Morgan fingerprint density at radius 2 is 1.88 bits per heavy atom. The normalized spacial score (nSPS) is 6.88. The summed E-state index contributed by atoms with van der Waals surface area (Å²) in [7, 11) is 1.37. The van der Waals surface area contributed by atoms with Crippen molar-refractivity contribution in [2.45, 2.75) is 13.8 Å². The van der Waals surface area contributed by atoms with Crippen molar-refractivity contribution in [1.82, 2.24) is 0 Å². The fourth-order valence-electron chi connectivity index (χ4n) is 0.204. The van der Waals surface area contributed by atoms with Crippen molar-refractivity contribution in [3.63, 3.8) is 0 Å². The number of hydrogen-bond donors (Lipinski definition) is 0. The molecule has 0 spiro atoms. The van der Waals surface area contributed by atoms with E-state index in [-0.39, 0.29) is 25.4 Å². The van der Waals surface area contributed by atoms with E-state index in [1.165, 1.54) is 7.11 Å². The molecule has 0 aromatic heterocycles. The molecule has 0 bridgehead atoms. The first-order chi connectivity index (χ1) is 3.18. The minimum atomic E-state index is -0.236. The number of carbonyl (C=O) groups excluding carboxylic acids is 1. The van der Waals surface area contributed by atoms with Crippen molar-refractivity contribution >= 4 is 5.97 Å². The van der Waals surface area contributed by atoms with Crippen LogP contribution in [0.25, 0.3) is 0 Å². The molecule has 0 rings (SSSR count). The zero-order valence-electron chi connectivity index (χ0n) is 5.52. The van der Waals surface area contributed by atoms with Gasteiger partial charge in [-0.2, -0.15) is 13.8 Å². The molecule has 44 valence electrons. The molecular formula is C5H9O2Zn-. The molecule has 3 heteroatoms. The Balaban J connectivity index is 0. The molecule has 0 aliphatic rings. The summed E-state index contributed by atoms with van der Waals surface area (Å²) in [5.41, 5.74) is 0. The van der Waals surface area contributed by atoms with Crippen molar-refractivity contribution in [1.29, 1.82) is 0 Å². The summed E-state index contributed by atoms with van der Waals surface area (Å²) in [6, 6.07) is 0. The van der Waals surface area contributed by atoms with Crippen LogP contribution in [0.2, 0.25) is 0 Å². The van der Waals surface area contributed by atoms with Gasteiger partial charge in [0.15, 0.2) is 5.97 Å². The van der Waals surface area contributed by atoms with Crippen molar-refractivity contribution in [2.75, 3.05) is 7.11 Å². The molecule has 0 atom stereocenters. The van der Waals surface area contributed by atoms with E-state index >= 15 is 0 Å². The van der Waals surface area contributed by atoms with E-state index < -0.39 is 0 Å². The number of methoxy groups -OCH3 is 1. The van der Waals surface area contributed by atoms with Crippen molar-refractivity contribution in [3.8, 4) is 0 Å². The summed E-state index contributed by atoms with van der Waals surface area (Å²) >= 11 is 0. The monoisotopic (exact) mass is 165 g/mol. The topological polar surface area (TPSA) is 26.3 Å². The first-order valence-electron chi connectivity index (χ1n) is 2.07. The Bertz CT molecular complexity index is 70.8. The molecule has 0 aromatic rings. The SMILES string of the molecule is COC(=O)[C-](C)C.[Zn]. The molecule has 0 aromatic carbocycles. The van der Waals surface area contributed by atoms with Crippen LogP contribution < -0.4 is 0 Å². The molecule has 0 N–H and O–H groups in total. The maximum absolute atomic E-state index is 10.3. The number of carbonyl (C=O) groups is 1. The van der Waals surface area contributed by atoms with Crippen LogP contribution in [0.5, 0.6) is 0 Å². The van der Waals surface area contributed by atoms with E-state index in [1.54, 1.807) is 13.8 Å². The van der Waals surface area contributed by atoms with Gasteiger partial charge in [-0.3, -0.25) is 10.7 Å². The minimum absolute atomic E-state index is 0. The second kappa shape index (κ2) is 5.11. The van der Waals surface area contributed by atoms with E-state index in [4.69, 9.17) is 0 Å². The van der Waals surface area contributed by atoms with E-state index in [0.29, 0.717) is 5.92 Å². The van der Waals surface area contributed by atoms with Gasteiger partial charge in [0.25, 0.3) is 0 Å². The zero-order chi connectivity index (χ0) is 5.86. The van der Waals surface area contributed by atoms with Crippen LogP contribution in [0.4, 0.5) is 0 Å². The van der Waals surface area contributed by atoms with Gasteiger partial charge in [-0.1, -0.05) is 0 Å². The van der Waals surface area contributed by atoms with E-state index in [2.05, 4.69) is 4.74 Å². The molecule has 0 radical (unpaired) electrons. The third-order valence-corrected chi connectivity index (χ3v) is 0.594. The Kier molecular flexibility index (Phi) is 6.93. The molecule has 0 fully saturated rings. The number of hydrogen-bond acceptors (Lipinski definition) is 2. The van der Waals surface area contributed by atoms with Crippen LogP contribution in [0, 0.1) is 5.92 Å². The molecule has 0 saturated carbocycles. The van der Waals surface area contributed by atoms with Gasteiger partial charge in [0, 0.05) is 19.5 Å². The Labute approximate surface area is 62.4 Å². The molecule has 0 unspecified atom stereocenters. The smallest absolute Gasteiger partial charge is 0.168 e. The van der Waals surface area contributed by atoms with Crippen LogP contribution in [-0.2, 0) is 29.0 Å². The Morgan fingerprint density at radius 1 is 1.50 bits per heavy atom. The summed E-state index contributed by atoms with van der Waals surface area (Å²) in [6.07, 6.45) is 0. The van der Waals surface area contributed by atoms with Gasteiger partial charge in [-0.15, -0.1) is 0 Å². The van der Waals surface area contributed by atoms with Gasteiger partial charge < -0.3 is 4.74 Å². The fourth-order valence-corrected chi connectivity index (χ4v) is 0.204. The largest absolute Gasteiger partial charge is 0.491 e. The average molecular weight is 167 g/mol. The molecule has 8 heavy (non-hydrogen) atoms. The second-order valence-electron chi connectivity index (χ2n) is 1.49.